The van der Waals surface area contributed by atoms with Crippen LogP contribution in [0.5, 0.6) is 0 Å². The highest BCUT2D eigenvalue weighted by atomic mass is 16.3. The Morgan fingerprint density at radius 3 is 2.66 bits per heavy atom. The summed E-state index contributed by atoms with van der Waals surface area (Å²) in [5.74, 6) is 4.53. The fourth-order valence-electron chi connectivity index (χ4n) is 8.43. The van der Waals surface area contributed by atoms with Gasteiger partial charge in [0.2, 0.25) is 0 Å². The molecule has 3 unspecified atom stereocenters. The summed E-state index contributed by atoms with van der Waals surface area (Å²) in [7, 11) is 0. The van der Waals surface area contributed by atoms with Crippen LogP contribution in [0.25, 0.3) is 0 Å². The van der Waals surface area contributed by atoms with Crippen LogP contribution < -0.4 is 0 Å². The molecule has 0 aromatic carbocycles. The van der Waals surface area contributed by atoms with E-state index in [1.807, 2.05) is 30.9 Å². The van der Waals surface area contributed by atoms with E-state index >= 15 is 0 Å². The molecule has 0 saturated heterocycles. The first-order valence-corrected chi connectivity index (χ1v) is 12.0. The van der Waals surface area contributed by atoms with Gasteiger partial charge in [0.1, 0.15) is 0 Å². The van der Waals surface area contributed by atoms with Crippen molar-refractivity contribution < 1.29 is 9.90 Å². The molecule has 160 valence electrons. The van der Waals surface area contributed by atoms with Gasteiger partial charge in [0.15, 0.2) is 5.78 Å². The maximum absolute atomic E-state index is 13.3. The lowest BCUT2D eigenvalue weighted by molar-refractivity contribution is -0.133. The molecule has 0 spiro atoms. The van der Waals surface area contributed by atoms with E-state index in [0.717, 1.165) is 54.4 Å². The number of Topliss-reactive ketones (excluding diaryl/α,β-unsaturated/α-hetero) is 1. The van der Waals surface area contributed by atoms with Gasteiger partial charge in [-0.15, -0.1) is 0 Å². The quantitative estimate of drug-likeness (QED) is 0.797. The first-order valence-electron chi connectivity index (χ1n) is 12.0. The van der Waals surface area contributed by atoms with Crippen LogP contribution in [0.1, 0.15) is 77.2 Å². The molecule has 0 bridgehead atoms. The van der Waals surface area contributed by atoms with Crippen molar-refractivity contribution in [1.82, 2.24) is 9.78 Å². The van der Waals surface area contributed by atoms with Gasteiger partial charge < -0.3 is 5.11 Å². The third kappa shape index (κ3) is 3.30. The monoisotopic (exact) mass is 398 g/mol. The van der Waals surface area contributed by atoms with Crippen LogP contribution >= 0.6 is 0 Å². The predicted octanol–water partition coefficient (Wildman–Crippen LogP) is 4.78. The molecule has 4 nitrogen and oxygen atoms in total. The van der Waals surface area contributed by atoms with Gasteiger partial charge >= 0.3 is 0 Å². The Morgan fingerprint density at radius 1 is 1.10 bits per heavy atom. The molecule has 4 heteroatoms. The van der Waals surface area contributed by atoms with E-state index in [0.29, 0.717) is 12.3 Å². The van der Waals surface area contributed by atoms with Crippen molar-refractivity contribution in [3.63, 3.8) is 0 Å². The van der Waals surface area contributed by atoms with Crippen molar-refractivity contribution in [3.05, 3.63) is 18.0 Å². The Labute approximate surface area is 175 Å². The second-order valence-electron chi connectivity index (χ2n) is 11.5. The van der Waals surface area contributed by atoms with E-state index < -0.39 is 5.60 Å². The fourth-order valence-corrected chi connectivity index (χ4v) is 8.43. The van der Waals surface area contributed by atoms with Crippen molar-refractivity contribution >= 4 is 5.78 Å². The summed E-state index contributed by atoms with van der Waals surface area (Å²) in [5.41, 5.74) is 0.873. The van der Waals surface area contributed by atoms with Crippen molar-refractivity contribution in [2.24, 2.45) is 40.9 Å². The second-order valence-corrected chi connectivity index (χ2v) is 11.5. The molecule has 0 aliphatic heterocycles. The third-order valence-corrected chi connectivity index (χ3v) is 9.71. The number of carbonyl (C=O) groups is 1. The Morgan fingerprint density at radius 2 is 1.90 bits per heavy atom. The third-order valence-electron chi connectivity index (χ3n) is 9.71. The van der Waals surface area contributed by atoms with E-state index in [9.17, 15) is 9.90 Å². The van der Waals surface area contributed by atoms with Crippen molar-refractivity contribution in [2.45, 2.75) is 90.7 Å². The van der Waals surface area contributed by atoms with Crippen LogP contribution in [0.3, 0.4) is 0 Å². The number of aromatic nitrogens is 2. The molecule has 4 aliphatic rings. The van der Waals surface area contributed by atoms with Gasteiger partial charge in [-0.05, 0) is 112 Å². The lowest BCUT2D eigenvalue weighted by atomic mass is 9.49. The lowest BCUT2D eigenvalue weighted by Crippen LogP contribution is -2.51. The molecule has 4 saturated carbocycles. The molecule has 29 heavy (non-hydrogen) atoms. The average Bonchev–Trinajstić information content (AvgIpc) is 3.22. The van der Waals surface area contributed by atoms with Crippen LogP contribution in [0, 0.1) is 47.8 Å². The molecule has 0 amide bonds. The smallest absolute Gasteiger partial charge is 0.157 e. The lowest BCUT2D eigenvalue weighted by Gasteiger charge is -2.56. The molecule has 4 aliphatic carbocycles. The minimum absolute atomic E-state index is 0.188. The number of fused-ring (bicyclic) bond motifs is 5. The number of ketones is 1. The van der Waals surface area contributed by atoms with Crippen LogP contribution in [0.4, 0.5) is 0 Å². The summed E-state index contributed by atoms with van der Waals surface area (Å²) >= 11 is 0. The van der Waals surface area contributed by atoms with Crippen LogP contribution in [-0.2, 0) is 11.3 Å². The maximum Gasteiger partial charge on any atom is 0.157 e. The van der Waals surface area contributed by atoms with Gasteiger partial charge in [0, 0.05) is 12.1 Å². The van der Waals surface area contributed by atoms with Gasteiger partial charge in [-0.1, -0.05) is 6.92 Å². The number of aliphatic hydroxyl groups is 1. The van der Waals surface area contributed by atoms with Gasteiger partial charge in [-0.25, -0.2) is 0 Å². The standard InChI is InChI=1S/C25H38N2O2/c1-16-13-26-27(14-16)15-23(28)22-7-6-21-20-5-4-17-12-24(2,29)10-8-18(17)19(20)9-11-25(21,22)3/h13-14,17-22,29H,4-12,15H2,1-3H3/t17-,18?,19-,20?,21+,22-,24-,25?/m1/s1. The molecular weight excluding hydrogens is 360 g/mol. The van der Waals surface area contributed by atoms with E-state index in [2.05, 4.69) is 12.0 Å². The highest BCUT2D eigenvalue weighted by Gasteiger charge is 2.58. The van der Waals surface area contributed by atoms with E-state index in [4.69, 9.17) is 0 Å². The van der Waals surface area contributed by atoms with Crippen LogP contribution in [0.2, 0.25) is 0 Å². The number of aryl methyl sites for hydroxylation is 1. The zero-order valence-electron chi connectivity index (χ0n) is 18.4. The van der Waals surface area contributed by atoms with Crippen molar-refractivity contribution in [1.29, 1.82) is 0 Å². The summed E-state index contributed by atoms with van der Waals surface area (Å²) in [6.45, 7) is 6.95. The Hall–Kier alpha value is -1.16. The van der Waals surface area contributed by atoms with Crippen molar-refractivity contribution in [2.75, 3.05) is 0 Å². The molecule has 5 rings (SSSR count). The molecule has 1 aromatic heterocycles. The average molecular weight is 399 g/mol. The van der Waals surface area contributed by atoms with E-state index in [1.54, 1.807) is 0 Å². The van der Waals surface area contributed by atoms with Gasteiger partial charge in [0.25, 0.3) is 0 Å². The zero-order chi connectivity index (χ0) is 20.4. The molecular formula is C25H38N2O2. The van der Waals surface area contributed by atoms with Crippen LogP contribution in [0.15, 0.2) is 12.4 Å². The Balaban J connectivity index is 1.31. The minimum atomic E-state index is -0.438. The highest BCUT2D eigenvalue weighted by Crippen LogP contribution is 2.64. The summed E-state index contributed by atoms with van der Waals surface area (Å²) in [4.78, 5) is 13.3. The molecule has 1 heterocycles. The number of hydrogen-bond donors (Lipinski definition) is 1. The summed E-state index contributed by atoms with van der Waals surface area (Å²) in [5, 5.41) is 14.9. The molecule has 1 N–H and O–H groups in total. The van der Waals surface area contributed by atoms with Gasteiger partial charge in [-0.3, -0.25) is 9.48 Å². The van der Waals surface area contributed by atoms with Gasteiger partial charge in [0.05, 0.1) is 18.3 Å². The topological polar surface area (TPSA) is 55.1 Å². The largest absolute Gasteiger partial charge is 0.390 e. The maximum atomic E-state index is 13.3. The molecule has 4 fully saturated rings. The van der Waals surface area contributed by atoms with Crippen molar-refractivity contribution in [3.8, 4) is 0 Å². The normalized spacial score (nSPS) is 46.6. The first kappa shape index (κ1) is 19.8. The fraction of sp³-hybridized carbons (Fsp3) is 0.840. The Bertz CT molecular complexity index is 784. The Kier molecular flexibility index (Phi) is 4.73. The number of carbonyl (C=O) groups excluding carboxylic acids is 1. The minimum Gasteiger partial charge on any atom is -0.390 e. The van der Waals surface area contributed by atoms with Gasteiger partial charge in [-0.2, -0.15) is 5.10 Å². The molecule has 0 radical (unpaired) electrons. The highest BCUT2D eigenvalue weighted by molar-refractivity contribution is 5.82. The van der Waals surface area contributed by atoms with Crippen LogP contribution in [-0.4, -0.2) is 26.3 Å². The predicted molar refractivity (Wildman–Crippen MR) is 113 cm³/mol. The summed E-state index contributed by atoms with van der Waals surface area (Å²) < 4.78 is 1.83. The second kappa shape index (κ2) is 6.93. The van der Waals surface area contributed by atoms with E-state index in [-0.39, 0.29) is 11.3 Å². The first-order chi connectivity index (χ1) is 13.8. The number of nitrogens with zero attached hydrogens (tertiary/aromatic N) is 2. The van der Waals surface area contributed by atoms with E-state index in [1.165, 1.54) is 38.5 Å². The number of rotatable bonds is 3. The zero-order valence-corrected chi connectivity index (χ0v) is 18.4. The summed E-state index contributed by atoms with van der Waals surface area (Å²) in [6, 6.07) is 0. The number of hydrogen-bond acceptors (Lipinski definition) is 3. The summed E-state index contributed by atoms with van der Waals surface area (Å²) in [6.07, 6.45) is 14.5. The molecule has 1 aromatic rings. The SMILES string of the molecule is Cc1cnn(CC(=O)[C@H]2CC[C@H]3C4CC[C@@H]5C[C@](C)(O)CCC5[C@H]4CCC23C)c1. The molecule has 8 atom stereocenters.